The largest absolute Gasteiger partial charge is 0.331 e. The van der Waals surface area contributed by atoms with E-state index in [2.05, 4.69) is 0 Å². The summed E-state index contributed by atoms with van der Waals surface area (Å²) in [7, 11) is 3.02. The summed E-state index contributed by atoms with van der Waals surface area (Å²) in [5.74, 6) is 0. The third-order valence-electron chi connectivity index (χ3n) is 1.08. The Labute approximate surface area is 157 Å². The summed E-state index contributed by atoms with van der Waals surface area (Å²) in [4.78, 5) is 0. The molecule has 0 spiro atoms. The van der Waals surface area contributed by atoms with Crippen LogP contribution >= 0.6 is 0 Å². The van der Waals surface area contributed by atoms with Crippen LogP contribution in [0.5, 0.6) is 0 Å². The molecule has 0 aliphatic carbocycles. The minimum atomic E-state index is -4.96. The van der Waals surface area contributed by atoms with Gasteiger partial charge in [-0.2, -0.15) is 0 Å². The quantitative estimate of drug-likeness (QED) is 0.398. The van der Waals surface area contributed by atoms with Crippen molar-refractivity contribution in [2.75, 3.05) is 27.6 Å². The first-order valence-corrected chi connectivity index (χ1v) is 4.82. The summed E-state index contributed by atoms with van der Waals surface area (Å²) in [5.41, 5.74) is 0. The Kier molecular flexibility index (Phi) is 1.63. The topological polar surface area (TPSA) is 0 Å². The lowest BCUT2D eigenvalue weighted by Gasteiger charge is -2.23. The first kappa shape index (κ1) is 2.45. The Morgan fingerprint density at radius 1 is 0.667 bits per heavy atom. The fourth-order valence-electron chi connectivity index (χ4n) is 0.508. The van der Waals surface area contributed by atoms with Crippen molar-refractivity contribution in [1.82, 2.24) is 0 Å². The van der Waals surface area contributed by atoms with E-state index in [-0.39, 0.29) is 0 Å². The molecule has 0 aliphatic rings. The van der Waals surface area contributed by atoms with E-state index in [0.29, 0.717) is 0 Å². The van der Waals surface area contributed by atoms with E-state index in [4.69, 9.17) is 39.8 Å². The van der Waals surface area contributed by atoms with Crippen LogP contribution in [0.15, 0.2) is 0 Å². The fourth-order valence-corrected chi connectivity index (χ4v) is 0.508. The van der Waals surface area contributed by atoms with Gasteiger partial charge < -0.3 is 4.48 Å². The average molecular weight is 286 g/mol. The van der Waals surface area contributed by atoms with Gasteiger partial charge in [0.1, 0.15) is 0 Å². The van der Waals surface area contributed by atoms with Gasteiger partial charge in [0.2, 0.25) is 0 Å². The molecule has 0 radical (unpaired) electrons. The zero-order chi connectivity index (χ0) is 39.5. The molecule has 0 saturated heterocycles. The van der Waals surface area contributed by atoms with Gasteiger partial charge in [-0.25, -0.2) is 0 Å². The highest BCUT2D eigenvalue weighted by molar-refractivity contribution is 4.48. The fraction of sp³-hybridized carbons (Fsp3) is 1.00. The van der Waals surface area contributed by atoms with Crippen molar-refractivity contribution in [3.63, 3.8) is 0 Å². The number of rotatable bonds is 13. The zero-order valence-electron chi connectivity index (χ0n) is 39.4. The summed E-state index contributed by atoms with van der Waals surface area (Å²) < 4.78 is 231. The molecule has 0 unspecified atom stereocenters. The summed E-state index contributed by atoms with van der Waals surface area (Å²) >= 11 is 0. The van der Waals surface area contributed by atoms with Crippen molar-refractivity contribution in [3.8, 4) is 0 Å². The molecule has 0 aromatic rings. The van der Waals surface area contributed by atoms with Gasteiger partial charge in [-0.15, -0.1) is 0 Å². The summed E-state index contributed by atoms with van der Waals surface area (Å²) in [5, 5.41) is 0. The highest BCUT2D eigenvalue weighted by atomic mass is 15.3. The molecule has 0 heterocycles. The lowest BCUT2D eigenvalue weighted by Crippen LogP contribution is -2.35. The van der Waals surface area contributed by atoms with Crippen LogP contribution in [0, 0.1) is 0 Å². The van der Waals surface area contributed by atoms with Crippen molar-refractivity contribution < 1.29 is 44.2 Å². The molecule has 0 N–H and O–H groups in total. The monoisotopic (exact) mass is 285 g/mol. The zero-order valence-corrected chi connectivity index (χ0v) is 10.4. The third-order valence-corrected chi connectivity index (χ3v) is 1.08. The van der Waals surface area contributed by atoms with Gasteiger partial charge in [0.05, 0.1) is 30.4 Å². The molecule has 0 bridgehead atoms. The molecule has 0 aromatic heterocycles. The van der Waals surface area contributed by atoms with Crippen molar-refractivity contribution >= 4 is 0 Å². The van der Waals surface area contributed by atoms with Gasteiger partial charge in [-0.05, 0) is 12.7 Å². The molecule has 0 aliphatic heterocycles. The Morgan fingerprint density at radius 3 is 1.44 bits per heavy atom. The van der Waals surface area contributed by atoms with E-state index in [1.807, 2.05) is 0 Å². The maximum Gasteiger partial charge on any atom is 0.0924 e. The van der Waals surface area contributed by atoms with Gasteiger partial charge in [-0.3, -0.25) is 0 Å². The first-order chi connectivity index (χ1) is 19.5. The van der Waals surface area contributed by atoms with Crippen molar-refractivity contribution in [3.05, 3.63) is 0 Å². The van der Waals surface area contributed by atoms with Crippen molar-refractivity contribution in [2.45, 2.75) is 83.3 Å². The van der Waals surface area contributed by atoms with E-state index in [9.17, 15) is 0 Å². The van der Waals surface area contributed by atoms with E-state index < -0.39 is 94.3 Å². The second-order valence-corrected chi connectivity index (χ2v) is 3.62. The Hall–Kier alpha value is -0.0400. The molecular weight excluding hydrogens is 218 g/mol. The van der Waals surface area contributed by atoms with E-state index in [0.717, 1.165) is 21.1 Å². The Bertz CT molecular complexity index is 1060. The summed E-state index contributed by atoms with van der Waals surface area (Å²) in [6, 6.07) is 0. The molecule has 0 fully saturated rings. The first-order valence-electron chi connectivity index (χ1n) is 19.3. The van der Waals surface area contributed by atoms with E-state index >= 15 is 0 Å². The summed E-state index contributed by atoms with van der Waals surface area (Å²) in [6.45, 7) is -7.48. The van der Waals surface area contributed by atoms with Gasteiger partial charge >= 0.3 is 0 Å². The average Bonchev–Trinajstić information content (AvgIpc) is 2.80. The Balaban J connectivity index is 7.61. The second-order valence-electron chi connectivity index (χ2n) is 3.62. The van der Waals surface area contributed by atoms with Crippen LogP contribution in [0.4, 0.5) is 0 Å². The molecule has 0 amide bonds. The van der Waals surface area contributed by atoms with Crippen LogP contribution in [0.1, 0.15) is 123 Å². The predicted octanol–water partition coefficient (Wildman–Crippen LogP) is 5.39. The van der Waals surface area contributed by atoms with Crippen LogP contribution in [-0.2, 0) is 0 Å². The number of hydrogen-bond acceptors (Lipinski definition) is 0. The van der Waals surface area contributed by atoms with Gasteiger partial charge in [0.25, 0.3) is 0 Å². The van der Waals surface area contributed by atoms with Crippen molar-refractivity contribution in [1.29, 1.82) is 0 Å². The molecule has 0 saturated carbocycles. The van der Waals surface area contributed by atoms with Gasteiger partial charge in [0.15, 0.2) is 0 Å². The molecule has 0 atom stereocenters. The maximum atomic E-state index is 8.21. The highest BCUT2D eigenvalue weighted by Crippen LogP contribution is 2.12. The van der Waals surface area contributed by atoms with Crippen LogP contribution in [-0.4, -0.2) is 32.1 Å². The second kappa shape index (κ2) is 12.0. The number of quaternary nitrogens is 1. The molecule has 18 heavy (non-hydrogen) atoms. The summed E-state index contributed by atoms with van der Waals surface area (Å²) in [6.07, 6.45) is -56.4. The lowest BCUT2D eigenvalue weighted by molar-refractivity contribution is -0.870. The van der Waals surface area contributed by atoms with Crippen LogP contribution in [0.25, 0.3) is 0 Å². The van der Waals surface area contributed by atoms with E-state index in [1.54, 1.807) is 0 Å². The van der Waals surface area contributed by atoms with Gasteiger partial charge in [-0.1, -0.05) is 70.6 Å². The standard InChI is InChI=1S/C17H38N/c1-5-6-7-8-9-10-11-12-13-14-15-16-17-18(2,3)4/h5-17H2,1-4H3/q+1/i1D3,5D2,6D2,7D2,8D2,9D2,10D2,11D2,12D2,13D2,14D2,15D2,16D2,17D2. The predicted molar refractivity (Wildman–Crippen MR) is 84.0 cm³/mol. The Morgan fingerprint density at radius 2 is 1.06 bits per heavy atom. The van der Waals surface area contributed by atoms with Crippen molar-refractivity contribution in [2.24, 2.45) is 0 Å². The minimum absolute atomic E-state index is 1.01. The number of hydrogen-bond donors (Lipinski definition) is 0. The smallest absolute Gasteiger partial charge is 0.0924 e. The van der Waals surface area contributed by atoms with Crippen LogP contribution < -0.4 is 0 Å². The van der Waals surface area contributed by atoms with Crippen LogP contribution in [0.3, 0.4) is 0 Å². The SMILES string of the molecule is [2H]C([2H])([2H])C([2H])([2H])C([2H])([2H])C([2H])([2H])C([2H])([2H])C([2H])([2H])C([2H])([2H])C([2H])([2H])C([2H])([2H])C([2H])([2H])C([2H])([2H])C([2H])([2H])C([2H])([2H])C([2H])([2H])[N+](C)(C)C. The van der Waals surface area contributed by atoms with E-state index in [1.165, 1.54) is 0 Å². The van der Waals surface area contributed by atoms with Crippen LogP contribution in [0.2, 0.25) is 0 Å². The molecule has 1 nitrogen and oxygen atoms in total. The minimum Gasteiger partial charge on any atom is -0.331 e. The molecule has 0 rings (SSSR count). The molecule has 0 aromatic carbocycles. The van der Waals surface area contributed by atoms with Gasteiger partial charge in [0, 0.05) is 37.0 Å². The normalized spacial score (nSPS) is 46.9. The lowest BCUT2D eigenvalue weighted by atomic mass is 10.1. The maximum absolute atomic E-state index is 8.21. The molecule has 1 heteroatoms. The molecule has 110 valence electrons. The third kappa shape index (κ3) is 16.0. The molecular formula is C17H38N+. The highest BCUT2D eigenvalue weighted by Gasteiger charge is 2.04. The number of nitrogens with zero attached hydrogens (tertiary/aromatic N) is 1.